The topological polar surface area (TPSA) is 75.6 Å². The van der Waals surface area contributed by atoms with Gasteiger partial charge in [0, 0.05) is 0 Å². The zero-order chi connectivity index (χ0) is 14.8. The Hall–Kier alpha value is -1.75. The Morgan fingerprint density at radius 1 is 1.32 bits per heavy atom. The van der Waals surface area contributed by atoms with Crippen LogP contribution in [0.5, 0.6) is 0 Å². The van der Waals surface area contributed by atoms with Crippen LogP contribution in [-0.4, -0.2) is 22.8 Å². The molecule has 0 atom stereocenters. The molecule has 0 radical (unpaired) electrons. The number of aryl methyl sites for hydroxylation is 1. The fourth-order valence-electron chi connectivity index (χ4n) is 1.40. The number of aromatic carboxylic acids is 1. The predicted molar refractivity (Wildman–Crippen MR) is 73.0 cm³/mol. The number of carbonyl (C=O) groups is 2. The van der Waals surface area contributed by atoms with Crippen molar-refractivity contribution in [2.75, 3.05) is 5.32 Å². The molecule has 0 bridgehead atoms. The Labute approximate surface area is 116 Å². The van der Waals surface area contributed by atoms with E-state index in [-0.39, 0.29) is 16.3 Å². The Kier molecular flexibility index (Phi) is 4.42. The van der Waals surface area contributed by atoms with E-state index in [9.17, 15) is 9.59 Å². The molecule has 19 heavy (non-hydrogen) atoms. The first kappa shape index (κ1) is 15.3. The second kappa shape index (κ2) is 5.48. The quantitative estimate of drug-likeness (QED) is 0.869. The summed E-state index contributed by atoms with van der Waals surface area (Å²) in [6.07, 6.45) is -0.684. The largest absolute Gasteiger partial charge is 0.478 e. The fraction of sp³-hybridized carbons (Fsp3) is 0.385. The molecule has 0 aliphatic carbocycles. The van der Waals surface area contributed by atoms with Crippen molar-refractivity contribution in [3.8, 4) is 0 Å². The molecule has 1 rings (SSSR count). The van der Waals surface area contributed by atoms with Crippen LogP contribution in [0.4, 0.5) is 10.5 Å². The van der Waals surface area contributed by atoms with E-state index in [1.807, 2.05) is 0 Å². The van der Waals surface area contributed by atoms with Crippen molar-refractivity contribution in [3.63, 3.8) is 0 Å². The highest BCUT2D eigenvalue weighted by atomic mass is 35.5. The van der Waals surface area contributed by atoms with Crippen LogP contribution in [-0.2, 0) is 4.74 Å². The Morgan fingerprint density at radius 3 is 2.37 bits per heavy atom. The molecule has 0 heterocycles. The average molecular weight is 286 g/mol. The lowest BCUT2D eigenvalue weighted by molar-refractivity contribution is 0.0632. The number of carboxylic acids is 1. The van der Waals surface area contributed by atoms with Crippen LogP contribution in [0.25, 0.3) is 0 Å². The SMILES string of the molecule is Cc1cc(C(=O)O)cc(NC(=O)OC(C)(C)C)c1Cl. The number of anilines is 1. The van der Waals surface area contributed by atoms with Crippen molar-refractivity contribution >= 4 is 29.4 Å². The van der Waals surface area contributed by atoms with Gasteiger partial charge in [0.1, 0.15) is 5.60 Å². The molecule has 1 aromatic carbocycles. The molecule has 0 fully saturated rings. The maximum absolute atomic E-state index is 11.6. The van der Waals surface area contributed by atoms with E-state index in [4.69, 9.17) is 21.4 Å². The summed E-state index contributed by atoms with van der Waals surface area (Å²) < 4.78 is 5.08. The van der Waals surface area contributed by atoms with Gasteiger partial charge in [0.2, 0.25) is 0 Å². The highest BCUT2D eigenvalue weighted by molar-refractivity contribution is 6.34. The summed E-state index contributed by atoms with van der Waals surface area (Å²) in [4.78, 5) is 22.6. The van der Waals surface area contributed by atoms with Gasteiger partial charge in [-0.2, -0.15) is 0 Å². The van der Waals surface area contributed by atoms with Gasteiger partial charge in [-0.25, -0.2) is 9.59 Å². The molecule has 0 aliphatic rings. The second-order valence-electron chi connectivity index (χ2n) is 5.09. The molecule has 6 heteroatoms. The maximum atomic E-state index is 11.6. The zero-order valence-corrected chi connectivity index (χ0v) is 12.0. The van der Waals surface area contributed by atoms with Gasteiger partial charge >= 0.3 is 12.1 Å². The minimum Gasteiger partial charge on any atom is -0.478 e. The molecule has 0 aromatic heterocycles. The number of amides is 1. The number of carbonyl (C=O) groups excluding carboxylic acids is 1. The number of ether oxygens (including phenoxy) is 1. The molecule has 104 valence electrons. The molecule has 0 saturated carbocycles. The number of hydrogen-bond donors (Lipinski definition) is 2. The molecular formula is C13H16ClNO4. The lowest BCUT2D eigenvalue weighted by Crippen LogP contribution is -2.27. The minimum absolute atomic E-state index is 0.0490. The van der Waals surface area contributed by atoms with Crippen LogP contribution in [0.15, 0.2) is 12.1 Å². The third-order valence-corrected chi connectivity index (χ3v) is 2.64. The molecule has 2 N–H and O–H groups in total. The standard InChI is InChI=1S/C13H16ClNO4/c1-7-5-8(11(16)17)6-9(10(7)14)15-12(18)19-13(2,3)4/h5-6H,1-4H3,(H,15,18)(H,16,17). The van der Waals surface area contributed by atoms with E-state index in [1.165, 1.54) is 12.1 Å². The van der Waals surface area contributed by atoms with E-state index in [0.717, 1.165) is 0 Å². The van der Waals surface area contributed by atoms with E-state index in [0.29, 0.717) is 5.56 Å². The smallest absolute Gasteiger partial charge is 0.412 e. The summed E-state index contributed by atoms with van der Waals surface area (Å²) in [7, 11) is 0. The second-order valence-corrected chi connectivity index (χ2v) is 5.46. The van der Waals surface area contributed by atoms with Gasteiger partial charge < -0.3 is 9.84 Å². The van der Waals surface area contributed by atoms with Gasteiger partial charge in [0.05, 0.1) is 16.3 Å². The maximum Gasteiger partial charge on any atom is 0.412 e. The van der Waals surface area contributed by atoms with Crippen molar-refractivity contribution in [2.45, 2.75) is 33.3 Å². The number of carboxylic acid groups (broad SMARTS) is 1. The predicted octanol–water partition coefficient (Wildman–Crippen LogP) is 3.69. The monoisotopic (exact) mass is 285 g/mol. The van der Waals surface area contributed by atoms with Crippen molar-refractivity contribution < 1.29 is 19.4 Å². The van der Waals surface area contributed by atoms with Gasteiger partial charge in [-0.3, -0.25) is 5.32 Å². The fourth-order valence-corrected chi connectivity index (χ4v) is 1.55. The summed E-state index contributed by atoms with van der Waals surface area (Å²) in [5.41, 5.74) is 0.185. The first-order chi connectivity index (χ1) is 8.60. The molecular weight excluding hydrogens is 270 g/mol. The minimum atomic E-state index is -1.09. The normalized spacial score (nSPS) is 11.0. The first-order valence-electron chi connectivity index (χ1n) is 5.63. The van der Waals surface area contributed by atoms with Crippen molar-refractivity contribution in [3.05, 3.63) is 28.3 Å². The molecule has 5 nitrogen and oxygen atoms in total. The molecule has 0 aliphatic heterocycles. The van der Waals surface area contributed by atoms with Crippen LogP contribution in [0, 0.1) is 6.92 Å². The van der Waals surface area contributed by atoms with E-state index < -0.39 is 17.7 Å². The van der Waals surface area contributed by atoms with Crippen LogP contribution in [0.2, 0.25) is 5.02 Å². The Bertz CT molecular complexity index is 520. The summed E-state index contributed by atoms with van der Waals surface area (Å²) in [5.74, 6) is -1.09. The van der Waals surface area contributed by atoms with Gasteiger partial charge in [-0.1, -0.05) is 11.6 Å². The summed E-state index contributed by atoms with van der Waals surface area (Å²) in [6, 6.07) is 2.73. The highest BCUT2D eigenvalue weighted by Crippen LogP contribution is 2.28. The molecule has 0 spiro atoms. The third-order valence-electron chi connectivity index (χ3n) is 2.14. The first-order valence-corrected chi connectivity index (χ1v) is 6.01. The van der Waals surface area contributed by atoms with Gasteiger partial charge in [-0.15, -0.1) is 0 Å². The summed E-state index contributed by atoms with van der Waals surface area (Å²) in [5, 5.41) is 11.7. The van der Waals surface area contributed by atoms with Crippen LogP contribution in [0.1, 0.15) is 36.7 Å². The third kappa shape index (κ3) is 4.44. The van der Waals surface area contributed by atoms with Gasteiger partial charge in [0.15, 0.2) is 0 Å². The number of rotatable bonds is 2. The van der Waals surface area contributed by atoms with Crippen molar-refractivity contribution in [1.29, 1.82) is 0 Å². The van der Waals surface area contributed by atoms with Crippen LogP contribution >= 0.6 is 11.6 Å². The van der Waals surface area contributed by atoms with E-state index in [1.54, 1.807) is 27.7 Å². The zero-order valence-electron chi connectivity index (χ0n) is 11.2. The van der Waals surface area contributed by atoms with Crippen LogP contribution in [0.3, 0.4) is 0 Å². The lowest BCUT2D eigenvalue weighted by Gasteiger charge is -2.20. The van der Waals surface area contributed by atoms with Crippen molar-refractivity contribution in [2.24, 2.45) is 0 Å². The van der Waals surface area contributed by atoms with Crippen molar-refractivity contribution in [1.82, 2.24) is 0 Å². The Balaban J connectivity index is 3.01. The molecule has 0 unspecified atom stereocenters. The number of halogens is 1. The number of benzene rings is 1. The average Bonchev–Trinajstić information content (AvgIpc) is 2.21. The number of hydrogen-bond acceptors (Lipinski definition) is 3. The van der Waals surface area contributed by atoms with E-state index >= 15 is 0 Å². The van der Waals surface area contributed by atoms with E-state index in [2.05, 4.69) is 5.32 Å². The number of nitrogens with one attached hydrogen (secondary N) is 1. The highest BCUT2D eigenvalue weighted by Gasteiger charge is 2.18. The van der Waals surface area contributed by atoms with Gasteiger partial charge in [0.25, 0.3) is 0 Å². The Morgan fingerprint density at radius 2 is 1.89 bits per heavy atom. The molecule has 0 saturated heterocycles. The summed E-state index contributed by atoms with van der Waals surface area (Å²) >= 11 is 6.02. The molecule has 1 aromatic rings. The molecule has 1 amide bonds. The van der Waals surface area contributed by atoms with Crippen LogP contribution < -0.4 is 5.32 Å². The summed E-state index contributed by atoms with van der Waals surface area (Å²) in [6.45, 7) is 6.85. The lowest BCUT2D eigenvalue weighted by atomic mass is 10.1. The van der Waals surface area contributed by atoms with Gasteiger partial charge in [-0.05, 0) is 45.4 Å².